The first-order chi connectivity index (χ1) is 9.03. The molecule has 2 unspecified atom stereocenters. The minimum atomic E-state index is -0.577. The zero-order valence-corrected chi connectivity index (χ0v) is 12.7. The standard InChI is InChI=1S/C18H28O/c1-4-15-8-6-10-18(19,13-15)17-9-5-7-16(12-17)11-14(2)3/h5,7,9,12,14-15,19H,4,6,8,10-11,13H2,1-3H3. The minimum Gasteiger partial charge on any atom is -0.385 e. The molecule has 2 atom stereocenters. The Morgan fingerprint density at radius 3 is 2.84 bits per heavy atom. The van der Waals surface area contributed by atoms with Crippen LogP contribution >= 0.6 is 0 Å². The van der Waals surface area contributed by atoms with E-state index in [1.165, 1.54) is 18.4 Å². The Morgan fingerprint density at radius 2 is 2.16 bits per heavy atom. The summed E-state index contributed by atoms with van der Waals surface area (Å²) >= 11 is 0. The Balaban J connectivity index is 2.19. The Hall–Kier alpha value is -0.820. The summed E-state index contributed by atoms with van der Waals surface area (Å²) in [6.07, 6.45) is 6.59. The highest BCUT2D eigenvalue weighted by Crippen LogP contribution is 2.41. The molecule has 1 nitrogen and oxygen atoms in total. The van der Waals surface area contributed by atoms with Crippen LogP contribution in [0.3, 0.4) is 0 Å². The van der Waals surface area contributed by atoms with Crippen LogP contribution in [0.4, 0.5) is 0 Å². The summed E-state index contributed by atoms with van der Waals surface area (Å²) < 4.78 is 0. The Labute approximate surface area is 118 Å². The third kappa shape index (κ3) is 3.60. The molecule has 1 heteroatoms. The first-order valence-corrected chi connectivity index (χ1v) is 7.85. The second kappa shape index (κ2) is 6.09. The van der Waals surface area contributed by atoms with Crippen molar-refractivity contribution in [3.8, 4) is 0 Å². The van der Waals surface area contributed by atoms with Gasteiger partial charge in [-0.2, -0.15) is 0 Å². The van der Waals surface area contributed by atoms with Crippen molar-refractivity contribution in [1.29, 1.82) is 0 Å². The molecular weight excluding hydrogens is 232 g/mol. The van der Waals surface area contributed by atoms with Gasteiger partial charge in [-0.15, -0.1) is 0 Å². The molecule has 1 aromatic carbocycles. The van der Waals surface area contributed by atoms with Crippen molar-refractivity contribution in [3.05, 3.63) is 35.4 Å². The molecule has 1 aliphatic rings. The number of hydrogen-bond donors (Lipinski definition) is 1. The summed E-state index contributed by atoms with van der Waals surface area (Å²) in [7, 11) is 0. The Kier molecular flexibility index (Phi) is 4.67. The van der Waals surface area contributed by atoms with Crippen LogP contribution in [0, 0.1) is 11.8 Å². The third-order valence-electron chi connectivity index (χ3n) is 4.51. The number of benzene rings is 1. The van der Waals surface area contributed by atoms with Gasteiger partial charge in [0.15, 0.2) is 0 Å². The van der Waals surface area contributed by atoms with Gasteiger partial charge in [0.05, 0.1) is 5.60 Å². The van der Waals surface area contributed by atoms with E-state index in [2.05, 4.69) is 45.0 Å². The summed E-state index contributed by atoms with van der Waals surface area (Å²) in [5.74, 6) is 1.35. The molecule has 106 valence electrons. The SMILES string of the molecule is CCC1CCCC(O)(c2cccc(CC(C)C)c2)C1. The second-order valence-corrected chi connectivity index (χ2v) is 6.70. The van der Waals surface area contributed by atoms with Gasteiger partial charge < -0.3 is 5.11 Å². The maximum Gasteiger partial charge on any atom is 0.0899 e. The van der Waals surface area contributed by atoms with Gasteiger partial charge in [0, 0.05) is 0 Å². The van der Waals surface area contributed by atoms with E-state index in [4.69, 9.17) is 0 Å². The zero-order valence-electron chi connectivity index (χ0n) is 12.7. The van der Waals surface area contributed by atoms with Gasteiger partial charge in [0.2, 0.25) is 0 Å². The molecule has 1 saturated carbocycles. The van der Waals surface area contributed by atoms with Crippen LogP contribution in [0.15, 0.2) is 24.3 Å². The van der Waals surface area contributed by atoms with Gasteiger partial charge >= 0.3 is 0 Å². The van der Waals surface area contributed by atoms with Gasteiger partial charge in [-0.05, 0) is 48.6 Å². The predicted molar refractivity (Wildman–Crippen MR) is 81.1 cm³/mol. The lowest BCUT2D eigenvalue weighted by Crippen LogP contribution is -2.32. The van der Waals surface area contributed by atoms with E-state index in [-0.39, 0.29) is 0 Å². The quantitative estimate of drug-likeness (QED) is 0.834. The van der Waals surface area contributed by atoms with Crippen LogP contribution in [0.25, 0.3) is 0 Å². The molecule has 0 aromatic heterocycles. The summed E-state index contributed by atoms with van der Waals surface area (Å²) in [5.41, 5.74) is 1.93. The van der Waals surface area contributed by atoms with Crippen LogP contribution in [-0.2, 0) is 12.0 Å². The lowest BCUT2D eigenvalue weighted by atomic mass is 9.73. The van der Waals surface area contributed by atoms with Gasteiger partial charge in [-0.3, -0.25) is 0 Å². The summed E-state index contributed by atoms with van der Waals surface area (Å²) in [6.45, 7) is 6.73. The van der Waals surface area contributed by atoms with E-state index in [0.29, 0.717) is 11.8 Å². The molecule has 1 aliphatic carbocycles. The maximum atomic E-state index is 11.0. The summed E-state index contributed by atoms with van der Waals surface area (Å²) in [5, 5.41) is 11.0. The minimum absolute atomic E-state index is 0.577. The molecule has 2 rings (SSSR count). The smallest absolute Gasteiger partial charge is 0.0899 e. The average molecular weight is 260 g/mol. The molecule has 1 fully saturated rings. The number of hydrogen-bond acceptors (Lipinski definition) is 1. The van der Waals surface area contributed by atoms with E-state index in [0.717, 1.165) is 31.2 Å². The number of rotatable bonds is 4. The van der Waals surface area contributed by atoms with Crippen molar-refractivity contribution in [2.24, 2.45) is 11.8 Å². The highest BCUT2D eigenvalue weighted by Gasteiger charge is 2.35. The molecule has 1 aromatic rings. The summed E-state index contributed by atoms with van der Waals surface area (Å²) in [6, 6.07) is 8.65. The van der Waals surface area contributed by atoms with Crippen molar-refractivity contribution >= 4 is 0 Å². The van der Waals surface area contributed by atoms with Crippen LogP contribution in [0.1, 0.15) is 64.0 Å². The average Bonchev–Trinajstić information content (AvgIpc) is 2.38. The lowest BCUT2D eigenvalue weighted by molar-refractivity contribution is -0.0217. The van der Waals surface area contributed by atoms with Crippen molar-refractivity contribution in [3.63, 3.8) is 0 Å². The van der Waals surface area contributed by atoms with E-state index in [9.17, 15) is 5.11 Å². The Bertz CT molecular complexity index is 410. The molecule has 0 aliphatic heterocycles. The van der Waals surface area contributed by atoms with E-state index in [1.807, 2.05) is 0 Å². The zero-order chi connectivity index (χ0) is 13.9. The van der Waals surface area contributed by atoms with Crippen molar-refractivity contribution in [2.75, 3.05) is 0 Å². The highest BCUT2D eigenvalue weighted by molar-refractivity contribution is 5.29. The molecule has 19 heavy (non-hydrogen) atoms. The van der Waals surface area contributed by atoms with Crippen LogP contribution in [0.5, 0.6) is 0 Å². The van der Waals surface area contributed by atoms with E-state index < -0.39 is 5.60 Å². The largest absolute Gasteiger partial charge is 0.385 e. The molecule has 0 amide bonds. The van der Waals surface area contributed by atoms with E-state index in [1.54, 1.807) is 0 Å². The third-order valence-corrected chi connectivity index (χ3v) is 4.51. The molecular formula is C18H28O. The van der Waals surface area contributed by atoms with Gasteiger partial charge in [0.25, 0.3) is 0 Å². The lowest BCUT2D eigenvalue weighted by Gasteiger charge is -2.37. The fourth-order valence-electron chi connectivity index (χ4n) is 3.43. The summed E-state index contributed by atoms with van der Waals surface area (Å²) in [4.78, 5) is 0. The van der Waals surface area contributed by atoms with Gasteiger partial charge in [-0.25, -0.2) is 0 Å². The second-order valence-electron chi connectivity index (χ2n) is 6.70. The fraction of sp³-hybridized carbons (Fsp3) is 0.667. The fourth-order valence-corrected chi connectivity index (χ4v) is 3.43. The number of aliphatic hydroxyl groups is 1. The van der Waals surface area contributed by atoms with Gasteiger partial charge in [0.1, 0.15) is 0 Å². The van der Waals surface area contributed by atoms with E-state index >= 15 is 0 Å². The Morgan fingerprint density at radius 1 is 1.37 bits per heavy atom. The normalized spacial score (nSPS) is 27.7. The van der Waals surface area contributed by atoms with Crippen molar-refractivity contribution in [1.82, 2.24) is 0 Å². The maximum absolute atomic E-state index is 11.0. The molecule has 0 radical (unpaired) electrons. The van der Waals surface area contributed by atoms with Gasteiger partial charge in [-0.1, -0.05) is 57.9 Å². The highest BCUT2D eigenvalue weighted by atomic mass is 16.3. The first kappa shape index (κ1) is 14.6. The van der Waals surface area contributed by atoms with Crippen molar-refractivity contribution < 1.29 is 5.11 Å². The molecule has 1 N–H and O–H groups in total. The first-order valence-electron chi connectivity index (χ1n) is 7.85. The molecule has 0 saturated heterocycles. The van der Waals surface area contributed by atoms with Crippen LogP contribution in [0.2, 0.25) is 0 Å². The predicted octanol–water partition coefficient (Wildman–Crippen LogP) is 4.67. The van der Waals surface area contributed by atoms with Crippen LogP contribution < -0.4 is 0 Å². The van der Waals surface area contributed by atoms with Crippen LogP contribution in [-0.4, -0.2) is 5.11 Å². The van der Waals surface area contributed by atoms with Crippen molar-refractivity contribution in [2.45, 2.75) is 64.9 Å². The monoisotopic (exact) mass is 260 g/mol. The topological polar surface area (TPSA) is 20.2 Å². The molecule has 0 heterocycles. The molecule has 0 spiro atoms. The molecule has 0 bridgehead atoms.